The summed E-state index contributed by atoms with van der Waals surface area (Å²) in [5.41, 5.74) is 3.75. The smallest absolute Gasteiger partial charge is 0.301 e. The number of aliphatic hydroxyl groups excluding tert-OH is 1. The van der Waals surface area contributed by atoms with Crippen LogP contribution in [0.25, 0.3) is 16.0 Å². The van der Waals surface area contributed by atoms with Gasteiger partial charge in [0.25, 0.3) is 5.78 Å². The Kier molecular flexibility index (Phi) is 7.60. The number of anilines is 1. The molecule has 6 rings (SSSR count). The molecule has 0 spiro atoms. The summed E-state index contributed by atoms with van der Waals surface area (Å²) < 4.78 is 18.4. The van der Waals surface area contributed by atoms with E-state index in [4.69, 9.17) is 19.2 Å². The third kappa shape index (κ3) is 5.33. The van der Waals surface area contributed by atoms with Crippen LogP contribution in [0.3, 0.4) is 0 Å². The minimum Gasteiger partial charge on any atom is -0.507 e. The number of fused-ring (bicyclic) bond motifs is 2. The number of benzene rings is 3. The second-order valence-corrected chi connectivity index (χ2v) is 12.5. The van der Waals surface area contributed by atoms with Crippen LogP contribution < -0.4 is 19.1 Å². The van der Waals surface area contributed by atoms with Crippen LogP contribution >= 0.6 is 11.3 Å². The molecular formula is C34H34N2O6S. The maximum atomic E-state index is 13.8. The van der Waals surface area contributed by atoms with E-state index < -0.39 is 17.7 Å². The molecule has 1 saturated heterocycles. The zero-order valence-corrected chi connectivity index (χ0v) is 25.7. The molecule has 4 aromatic rings. The van der Waals surface area contributed by atoms with Crippen molar-refractivity contribution in [3.8, 4) is 17.2 Å². The topological polar surface area (TPSA) is 98.2 Å². The van der Waals surface area contributed by atoms with Gasteiger partial charge in [-0.05, 0) is 85.3 Å². The second kappa shape index (κ2) is 11.4. The number of methoxy groups -OCH3 is 1. The zero-order valence-electron chi connectivity index (χ0n) is 24.8. The number of Topliss-reactive ketones (excluding diaryl/α,β-unsaturated/α-hetero) is 1. The fraction of sp³-hybridized carbons (Fsp3) is 0.324. The van der Waals surface area contributed by atoms with Gasteiger partial charge in [-0.25, -0.2) is 4.98 Å². The third-order valence-electron chi connectivity index (χ3n) is 7.81. The minimum absolute atomic E-state index is 0.0112. The van der Waals surface area contributed by atoms with Crippen molar-refractivity contribution in [3.05, 3.63) is 82.4 Å². The Morgan fingerprint density at radius 3 is 2.70 bits per heavy atom. The van der Waals surface area contributed by atoms with Crippen molar-refractivity contribution in [1.82, 2.24) is 4.98 Å². The molecule has 9 heteroatoms. The molecule has 1 aromatic heterocycles. The highest BCUT2D eigenvalue weighted by Crippen LogP contribution is 2.46. The summed E-state index contributed by atoms with van der Waals surface area (Å²) in [5, 5.41) is 12.1. The van der Waals surface area contributed by atoms with E-state index in [2.05, 4.69) is 13.8 Å². The molecule has 1 N–H and O–H groups in total. The lowest BCUT2D eigenvalue weighted by molar-refractivity contribution is -0.132. The Balaban J connectivity index is 1.49. The van der Waals surface area contributed by atoms with E-state index in [0.29, 0.717) is 46.7 Å². The van der Waals surface area contributed by atoms with Crippen LogP contribution in [-0.4, -0.2) is 41.6 Å². The first-order chi connectivity index (χ1) is 20.6. The summed E-state index contributed by atoms with van der Waals surface area (Å²) in [6.07, 6.45) is 1.59. The molecule has 2 atom stereocenters. The summed E-state index contributed by atoms with van der Waals surface area (Å²) in [5.74, 6) is 0.486. The summed E-state index contributed by atoms with van der Waals surface area (Å²) in [6, 6.07) is 15.6. The molecule has 0 radical (unpaired) electrons. The standard InChI is InChI=1S/C34H34N2O6S/c1-18(2)12-13-41-26-11-7-21(17-27(26)40-5)30-29(31(37)22-8-10-25-23(16-22)15-20(4)42-25)32(38)33(39)36(30)34-35-24-9-6-19(3)14-28(24)43-34/h6-11,14,16-18,20,30,37H,12-13,15H2,1-5H3/b31-29+. The maximum Gasteiger partial charge on any atom is 0.301 e. The van der Waals surface area contributed by atoms with Crippen LogP contribution in [0.1, 0.15) is 55.5 Å². The van der Waals surface area contributed by atoms with E-state index in [0.717, 1.165) is 33.5 Å². The maximum absolute atomic E-state index is 13.8. The molecule has 3 heterocycles. The van der Waals surface area contributed by atoms with E-state index in [1.54, 1.807) is 37.4 Å². The number of rotatable bonds is 8. The van der Waals surface area contributed by atoms with Gasteiger partial charge in [-0.1, -0.05) is 37.3 Å². The Morgan fingerprint density at radius 1 is 1.12 bits per heavy atom. The fourth-order valence-electron chi connectivity index (χ4n) is 5.57. The lowest BCUT2D eigenvalue weighted by atomic mass is 9.94. The van der Waals surface area contributed by atoms with Gasteiger partial charge in [-0.2, -0.15) is 0 Å². The molecule has 222 valence electrons. The molecule has 2 aliphatic heterocycles. The lowest BCUT2D eigenvalue weighted by Crippen LogP contribution is -2.29. The van der Waals surface area contributed by atoms with Crippen LogP contribution in [0.5, 0.6) is 17.2 Å². The normalized spacial score (nSPS) is 19.3. The predicted octanol–water partition coefficient (Wildman–Crippen LogP) is 6.99. The van der Waals surface area contributed by atoms with Crippen molar-refractivity contribution in [2.45, 2.75) is 52.7 Å². The van der Waals surface area contributed by atoms with E-state index in [1.807, 2.05) is 38.1 Å². The molecule has 0 bridgehead atoms. The van der Waals surface area contributed by atoms with E-state index in [9.17, 15) is 14.7 Å². The van der Waals surface area contributed by atoms with Crippen LogP contribution in [0.15, 0.2) is 60.2 Å². The molecule has 2 unspecified atom stereocenters. The number of aliphatic hydroxyl groups is 1. The Bertz CT molecular complexity index is 1770. The van der Waals surface area contributed by atoms with Gasteiger partial charge in [0.15, 0.2) is 16.6 Å². The van der Waals surface area contributed by atoms with Crippen molar-refractivity contribution in [2.75, 3.05) is 18.6 Å². The van der Waals surface area contributed by atoms with Crippen LogP contribution in [0.2, 0.25) is 0 Å². The number of nitrogens with zero attached hydrogens (tertiary/aromatic N) is 2. The van der Waals surface area contributed by atoms with Crippen molar-refractivity contribution < 1.29 is 28.9 Å². The summed E-state index contributed by atoms with van der Waals surface area (Å²) in [4.78, 5) is 33.6. The van der Waals surface area contributed by atoms with Gasteiger partial charge in [0.1, 0.15) is 17.6 Å². The largest absolute Gasteiger partial charge is 0.507 e. The fourth-order valence-corrected chi connectivity index (χ4v) is 6.66. The number of thiazole rings is 1. The molecular weight excluding hydrogens is 564 g/mol. The second-order valence-electron chi connectivity index (χ2n) is 11.5. The molecule has 1 fully saturated rings. The SMILES string of the molecule is COc1cc(C2/C(=C(\O)c3ccc4c(c3)CC(C)O4)C(=O)C(=O)N2c2nc3ccc(C)cc3s2)ccc1OCCC(C)C. The van der Waals surface area contributed by atoms with Gasteiger partial charge in [0.2, 0.25) is 0 Å². The molecule has 8 nitrogen and oxygen atoms in total. The number of aryl methyl sites for hydroxylation is 1. The number of hydrogen-bond acceptors (Lipinski definition) is 8. The quantitative estimate of drug-likeness (QED) is 0.133. The number of carbonyl (C=O) groups is 2. The Hall–Kier alpha value is -4.37. The van der Waals surface area contributed by atoms with Crippen LogP contribution in [0, 0.1) is 12.8 Å². The highest BCUT2D eigenvalue weighted by molar-refractivity contribution is 7.22. The minimum atomic E-state index is -0.941. The monoisotopic (exact) mass is 598 g/mol. The third-order valence-corrected chi connectivity index (χ3v) is 8.83. The summed E-state index contributed by atoms with van der Waals surface area (Å²) in [7, 11) is 1.55. The van der Waals surface area contributed by atoms with Crippen LogP contribution in [-0.2, 0) is 16.0 Å². The molecule has 43 heavy (non-hydrogen) atoms. The average Bonchev–Trinajstić information content (AvgIpc) is 3.64. The number of carbonyl (C=O) groups excluding carboxylic acids is 2. The van der Waals surface area contributed by atoms with Gasteiger partial charge < -0.3 is 19.3 Å². The number of hydrogen-bond donors (Lipinski definition) is 1. The number of ketones is 1. The number of ether oxygens (including phenoxy) is 3. The molecule has 3 aromatic carbocycles. The van der Waals surface area contributed by atoms with Gasteiger partial charge >= 0.3 is 5.91 Å². The highest BCUT2D eigenvalue weighted by Gasteiger charge is 2.48. The zero-order chi connectivity index (χ0) is 30.4. The molecule has 1 amide bonds. The van der Waals surface area contributed by atoms with E-state index in [1.165, 1.54) is 16.2 Å². The average molecular weight is 599 g/mol. The molecule has 2 aliphatic rings. The molecule has 0 saturated carbocycles. The predicted molar refractivity (Wildman–Crippen MR) is 167 cm³/mol. The van der Waals surface area contributed by atoms with Gasteiger partial charge in [-0.3, -0.25) is 14.5 Å². The van der Waals surface area contributed by atoms with Crippen molar-refractivity contribution in [1.29, 1.82) is 0 Å². The first-order valence-corrected chi connectivity index (χ1v) is 15.2. The van der Waals surface area contributed by atoms with Gasteiger partial charge in [-0.15, -0.1) is 0 Å². The van der Waals surface area contributed by atoms with Gasteiger partial charge in [0, 0.05) is 12.0 Å². The van der Waals surface area contributed by atoms with E-state index in [-0.39, 0.29) is 17.4 Å². The first kappa shape index (κ1) is 28.7. The van der Waals surface area contributed by atoms with Crippen molar-refractivity contribution in [3.63, 3.8) is 0 Å². The summed E-state index contributed by atoms with van der Waals surface area (Å²) >= 11 is 1.33. The lowest BCUT2D eigenvalue weighted by Gasteiger charge is -2.24. The highest BCUT2D eigenvalue weighted by atomic mass is 32.1. The number of aromatic nitrogens is 1. The van der Waals surface area contributed by atoms with Crippen LogP contribution in [0.4, 0.5) is 5.13 Å². The van der Waals surface area contributed by atoms with Crippen molar-refractivity contribution in [2.24, 2.45) is 5.92 Å². The number of amides is 1. The molecule has 0 aliphatic carbocycles. The van der Waals surface area contributed by atoms with E-state index >= 15 is 0 Å². The van der Waals surface area contributed by atoms with Crippen molar-refractivity contribution >= 4 is 44.1 Å². The first-order valence-electron chi connectivity index (χ1n) is 14.4. The Labute approximate surface area is 254 Å². The Morgan fingerprint density at radius 2 is 1.93 bits per heavy atom. The van der Waals surface area contributed by atoms with Gasteiger partial charge in [0.05, 0.1) is 35.5 Å². The summed E-state index contributed by atoms with van der Waals surface area (Å²) in [6.45, 7) is 8.76.